The van der Waals surface area contributed by atoms with Gasteiger partial charge in [0.25, 0.3) is 0 Å². The van der Waals surface area contributed by atoms with Crippen molar-refractivity contribution in [3.05, 3.63) is 30.3 Å². The normalized spacial score (nSPS) is 21.7. The van der Waals surface area contributed by atoms with Gasteiger partial charge in [-0.1, -0.05) is 18.2 Å². The zero-order valence-electron chi connectivity index (χ0n) is 10.5. The van der Waals surface area contributed by atoms with Crippen molar-refractivity contribution in [2.45, 2.75) is 36.6 Å². The summed E-state index contributed by atoms with van der Waals surface area (Å²) in [5, 5.41) is 9.84. The lowest BCUT2D eigenvalue weighted by Crippen LogP contribution is -2.27. The van der Waals surface area contributed by atoms with Crippen LogP contribution in [0.2, 0.25) is 0 Å². The predicted octanol–water partition coefficient (Wildman–Crippen LogP) is 2.68. The summed E-state index contributed by atoms with van der Waals surface area (Å²) in [7, 11) is 0. The Kier molecular flexibility index (Phi) is 6.00. The molecule has 2 atom stereocenters. The molecule has 1 fully saturated rings. The van der Waals surface area contributed by atoms with Crippen LogP contribution in [-0.2, 0) is 9.47 Å². The first kappa shape index (κ1) is 13.9. The Hall–Kier alpha value is -0.550. The van der Waals surface area contributed by atoms with E-state index in [0.717, 1.165) is 25.9 Å². The topological polar surface area (TPSA) is 38.7 Å². The Bertz CT molecular complexity index is 325. The summed E-state index contributed by atoms with van der Waals surface area (Å²) in [6.07, 6.45) is 2.65. The summed E-state index contributed by atoms with van der Waals surface area (Å²) in [5.74, 6) is 0.650. The lowest BCUT2D eigenvalue weighted by Gasteiger charge is -2.23. The van der Waals surface area contributed by atoms with E-state index in [1.54, 1.807) is 11.8 Å². The van der Waals surface area contributed by atoms with Crippen LogP contribution in [0.15, 0.2) is 35.2 Å². The Morgan fingerprint density at radius 2 is 2.17 bits per heavy atom. The van der Waals surface area contributed by atoms with Crippen LogP contribution in [0, 0.1) is 0 Å². The smallest absolute Gasteiger partial charge is 0.157 e. The van der Waals surface area contributed by atoms with E-state index in [1.165, 1.54) is 4.90 Å². The molecule has 0 saturated carbocycles. The molecule has 1 N–H and O–H groups in total. The Labute approximate surface area is 112 Å². The molecule has 1 unspecified atom stereocenters. The van der Waals surface area contributed by atoms with E-state index in [-0.39, 0.29) is 6.29 Å². The molecule has 100 valence electrons. The van der Waals surface area contributed by atoms with E-state index in [0.29, 0.717) is 12.4 Å². The number of aliphatic hydroxyl groups excluding tert-OH is 1. The minimum absolute atomic E-state index is 0.116. The van der Waals surface area contributed by atoms with Crippen LogP contribution in [0.25, 0.3) is 0 Å². The van der Waals surface area contributed by atoms with E-state index >= 15 is 0 Å². The summed E-state index contributed by atoms with van der Waals surface area (Å²) in [4.78, 5) is 1.17. The first-order valence-corrected chi connectivity index (χ1v) is 7.42. The quantitative estimate of drug-likeness (QED) is 0.805. The molecule has 0 amide bonds. The fraction of sp³-hybridized carbons (Fsp3) is 0.571. The van der Waals surface area contributed by atoms with Gasteiger partial charge in [0.15, 0.2) is 6.29 Å². The summed E-state index contributed by atoms with van der Waals surface area (Å²) < 4.78 is 11.0. The molecular weight excluding hydrogens is 248 g/mol. The Morgan fingerprint density at radius 1 is 1.33 bits per heavy atom. The summed E-state index contributed by atoms with van der Waals surface area (Å²) in [5.41, 5.74) is 0. The van der Waals surface area contributed by atoms with Gasteiger partial charge >= 0.3 is 0 Å². The Balaban J connectivity index is 1.61. The minimum atomic E-state index is -0.444. The third-order valence-electron chi connectivity index (χ3n) is 2.80. The number of benzene rings is 1. The molecule has 1 aromatic rings. The molecule has 0 bridgehead atoms. The van der Waals surface area contributed by atoms with Gasteiger partial charge in [-0.3, -0.25) is 0 Å². The molecule has 0 spiro atoms. The average Bonchev–Trinajstić information content (AvgIpc) is 2.45. The summed E-state index contributed by atoms with van der Waals surface area (Å²) in [6, 6.07) is 10.1. The molecule has 18 heavy (non-hydrogen) atoms. The van der Waals surface area contributed by atoms with Gasteiger partial charge in [-0.15, -0.1) is 11.8 Å². The van der Waals surface area contributed by atoms with Crippen molar-refractivity contribution in [3.63, 3.8) is 0 Å². The first-order valence-electron chi connectivity index (χ1n) is 6.44. The monoisotopic (exact) mass is 268 g/mol. The average molecular weight is 268 g/mol. The lowest BCUT2D eigenvalue weighted by atomic mass is 10.2. The number of thioether (sulfide) groups is 1. The highest BCUT2D eigenvalue weighted by Gasteiger charge is 2.15. The number of hydrogen-bond acceptors (Lipinski definition) is 4. The lowest BCUT2D eigenvalue weighted by molar-refractivity contribution is -0.173. The fourth-order valence-corrected chi connectivity index (χ4v) is 2.65. The van der Waals surface area contributed by atoms with Gasteiger partial charge in [-0.25, -0.2) is 0 Å². The highest BCUT2D eigenvalue weighted by Crippen LogP contribution is 2.19. The molecule has 1 aliphatic heterocycles. The van der Waals surface area contributed by atoms with Crippen LogP contribution in [0.3, 0.4) is 0 Å². The van der Waals surface area contributed by atoms with Gasteiger partial charge in [0.2, 0.25) is 0 Å². The first-order chi connectivity index (χ1) is 8.84. The van der Waals surface area contributed by atoms with E-state index in [1.807, 2.05) is 30.3 Å². The van der Waals surface area contributed by atoms with E-state index < -0.39 is 6.10 Å². The highest BCUT2D eigenvalue weighted by atomic mass is 32.2. The molecule has 1 saturated heterocycles. The predicted molar refractivity (Wildman–Crippen MR) is 72.7 cm³/mol. The van der Waals surface area contributed by atoms with Crippen LogP contribution >= 0.6 is 11.8 Å². The third kappa shape index (κ3) is 4.98. The zero-order chi connectivity index (χ0) is 12.6. The number of ether oxygens (including phenoxy) is 2. The molecule has 0 aromatic heterocycles. The standard InChI is InChI=1S/C14H20O3S/c15-12(10-17-14-8-4-5-9-16-14)11-18-13-6-2-1-3-7-13/h1-3,6-7,12,14-15H,4-5,8-11H2/t12-,14?/m1/s1. The van der Waals surface area contributed by atoms with Gasteiger partial charge in [-0.2, -0.15) is 0 Å². The molecule has 1 heterocycles. The van der Waals surface area contributed by atoms with Crippen LogP contribution < -0.4 is 0 Å². The summed E-state index contributed by atoms with van der Waals surface area (Å²) >= 11 is 1.64. The van der Waals surface area contributed by atoms with Gasteiger partial charge in [0.1, 0.15) is 0 Å². The minimum Gasteiger partial charge on any atom is -0.390 e. The van der Waals surface area contributed by atoms with Crippen molar-refractivity contribution >= 4 is 11.8 Å². The second-order valence-electron chi connectivity index (χ2n) is 4.41. The zero-order valence-corrected chi connectivity index (χ0v) is 11.3. The largest absolute Gasteiger partial charge is 0.390 e. The van der Waals surface area contributed by atoms with Gasteiger partial charge in [0.05, 0.1) is 12.7 Å². The maximum Gasteiger partial charge on any atom is 0.157 e. The van der Waals surface area contributed by atoms with Crippen molar-refractivity contribution in [1.29, 1.82) is 0 Å². The van der Waals surface area contributed by atoms with Gasteiger partial charge in [0, 0.05) is 17.3 Å². The van der Waals surface area contributed by atoms with Crippen LogP contribution in [0.5, 0.6) is 0 Å². The van der Waals surface area contributed by atoms with Crippen molar-refractivity contribution < 1.29 is 14.6 Å². The van der Waals surface area contributed by atoms with E-state index in [2.05, 4.69) is 0 Å². The summed E-state index contributed by atoms with van der Waals surface area (Å²) in [6.45, 7) is 1.13. The van der Waals surface area contributed by atoms with Crippen LogP contribution in [-0.4, -0.2) is 36.5 Å². The second-order valence-corrected chi connectivity index (χ2v) is 5.50. The van der Waals surface area contributed by atoms with Crippen LogP contribution in [0.1, 0.15) is 19.3 Å². The van der Waals surface area contributed by atoms with Crippen molar-refractivity contribution in [2.75, 3.05) is 19.0 Å². The SMILES string of the molecule is O[C@H](COC1CCCCO1)CSc1ccccc1. The van der Waals surface area contributed by atoms with Gasteiger partial charge < -0.3 is 14.6 Å². The second kappa shape index (κ2) is 7.79. The van der Waals surface area contributed by atoms with Gasteiger partial charge in [-0.05, 0) is 31.4 Å². The highest BCUT2D eigenvalue weighted by molar-refractivity contribution is 7.99. The molecule has 0 radical (unpaired) electrons. The van der Waals surface area contributed by atoms with Crippen LogP contribution in [0.4, 0.5) is 0 Å². The number of rotatable bonds is 6. The van der Waals surface area contributed by atoms with Crippen molar-refractivity contribution in [2.24, 2.45) is 0 Å². The molecule has 2 rings (SSSR count). The van der Waals surface area contributed by atoms with Crippen molar-refractivity contribution in [3.8, 4) is 0 Å². The number of hydrogen-bond donors (Lipinski definition) is 1. The maximum atomic E-state index is 9.84. The molecule has 3 nitrogen and oxygen atoms in total. The third-order valence-corrected chi connectivity index (χ3v) is 3.95. The molecular formula is C14H20O3S. The molecule has 4 heteroatoms. The maximum absolute atomic E-state index is 9.84. The number of aliphatic hydroxyl groups is 1. The van der Waals surface area contributed by atoms with E-state index in [4.69, 9.17) is 9.47 Å². The Morgan fingerprint density at radius 3 is 2.89 bits per heavy atom. The molecule has 1 aromatic carbocycles. The molecule has 1 aliphatic rings. The van der Waals surface area contributed by atoms with E-state index in [9.17, 15) is 5.11 Å². The molecule has 0 aliphatic carbocycles. The fourth-order valence-electron chi connectivity index (χ4n) is 1.82. The van der Waals surface area contributed by atoms with Crippen molar-refractivity contribution in [1.82, 2.24) is 0 Å².